The molecule has 3 rings (SSSR count). The molecule has 2 aromatic carbocycles. The fraction of sp³-hybridized carbons (Fsp3) is 0.500. The molecule has 1 aliphatic carbocycles. The smallest absolute Gasteiger partial charge is 0.0126 e. The van der Waals surface area contributed by atoms with Gasteiger partial charge in [0.05, 0.1) is 0 Å². The Kier molecular flexibility index (Phi) is 5.69. The van der Waals surface area contributed by atoms with Gasteiger partial charge < -0.3 is 0 Å². The van der Waals surface area contributed by atoms with Crippen molar-refractivity contribution in [3.8, 4) is 0 Å². The molecule has 0 saturated heterocycles. The lowest BCUT2D eigenvalue weighted by molar-refractivity contribution is 0.414. The largest absolute Gasteiger partial charge is 0.0622 e. The Hall–Kier alpha value is -1.13. The molecular formula is C24H33P. The lowest BCUT2D eigenvalue weighted by atomic mass is 9.95. The molecule has 3 atom stereocenters. The van der Waals surface area contributed by atoms with Gasteiger partial charge in [-0.15, -0.1) is 0 Å². The first-order chi connectivity index (χ1) is 11.8. The van der Waals surface area contributed by atoms with Crippen LogP contribution >= 0.6 is 7.92 Å². The Morgan fingerprint density at radius 3 is 1.56 bits per heavy atom. The highest BCUT2D eigenvalue weighted by molar-refractivity contribution is 7.73. The maximum atomic E-state index is 2.54. The molecular weight excluding hydrogens is 319 g/mol. The molecule has 0 spiro atoms. The minimum absolute atomic E-state index is 0.315. The zero-order chi connectivity index (χ0) is 18.1. The molecule has 0 amide bonds. The molecule has 1 saturated carbocycles. The maximum absolute atomic E-state index is 2.54. The summed E-state index contributed by atoms with van der Waals surface area (Å²) in [5.74, 6) is 1.74. The van der Waals surface area contributed by atoms with E-state index in [1.165, 1.54) is 41.5 Å². The number of hydrogen-bond donors (Lipinski definition) is 0. The average molecular weight is 353 g/mol. The summed E-state index contributed by atoms with van der Waals surface area (Å²) < 4.78 is 0. The molecule has 2 unspecified atom stereocenters. The third-order valence-electron chi connectivity index (χ3n) is 5.92. The molecule has 1 heteroatoms. The number of benzene rings is 2. The van der Waals surface area contributed by atoms with Crippen molar-refractivity contribution < 1.29 is 0 Å². The van der Waals surface area contributed by atoms with E-state index in [1.54, 1.807) is 10.6 Å². The minimum atomic E-state index is -0.315. The van der Waals surface area contributed by atoms with Crippen LogP contribution in [0, 0.1) is 39.5 Å². The molecule has 0 aliphatic heterocycles. The minimum Gasteiger partial charge on any atom is -0.0622 e. The van der Waals surface area contributed by atoms with Crippen LogP contribution in [-0.2, 0) is 0 Å². The van der Waals surface area contributed by atoms with E-state index in [1.807, 2.05) is 0 Å². The van der Waals surface area contributed by atoms with Crippen molar-refractivity contribution in [1.29, 1.82) is 0 Å². The first-order valence-electron chi connectivity index (χ1n) is 9.81. The molecule has 0 nitrogen and oxygen atoms in total. The summed E-state index contributed by atoms with van der Waals surface area (Å²) in [4.78, 5) is 0. The molecule has 2 aromatic rings. The van der Waals surface area contributed by atoms with Crippen molar-refractivity contribution >= 4 is 18.5 Å². The fourth-order valence-electron chi connectivity index (χ4n) is 4.88. The summed E-state index contributed by atoms with van der Waals surface area (Å²) in [5.41, 5.74) is 6.35. The normalized spacial score (nSPS) is 21.7. The van der Waals surface area contributed by atoms with Crippen LogP contribution in [0.2, 0.25) is 0 Å². The van der Waals surface area contributed by atoms with E-state index in [-0.39, 0.29) is 7.92 Å². The van der Waals surface area contributed by atoms with Gasteiger partial charge in [0.2, 0.25) is 0 Å². The monoisotopic (exact) mass is 352 g/mol. The highest BCUT2D eigenvalue weighted by Gasteiger charge is 2.34. The van der Waals surface area contributed by atoms with Crippen molar-refractivity contribution in [1.82, 2.24) is 0 Å². The molecule has 0 aromatic heterocycles. The standard InChI is InChI=1S/C24H33P/c1-16-10-17(2)13-22(12-16)25(21(6)24-9-7-8-20(24)5)23-14-18(3)11-19(4)15-23/h10-15,20-21,24H,7-9H2,1-6H3/t20?,21-,24?/m1/s1. The molecule has 1 aliphatic rings. The predicted molar refractivity (Wildman–Crippen MR) is 114 cm³/mol. The van der Waals surface area contributed by atoms with Gasteiger partial charge in [0.1, 0.15) is 0 Å². The summed E-state index contributed by atoms with van der Waals surface area (Å²) in [6, 6.07) is 14.4. The maximum Gasteiger partial charge on any atom is -0.0126 e. The van der Waals surface area contributed by atoms with Crippen LogP contribution in [0.1, 0.15) is 55.4 Å². The van der Waals surface area contributed by atoms with Crippen LogP contribution in [0.4, 0.5) is 0 Å². The van der Waals surface area contributed by atoms with Crippen LogP contribution in [0.25, 0.3) is 0 Å². The van der Waals surface area contributed by atoms with Gasteiger partial charge in [0, 0.05) is 0 Å². The summed E-state index contributed by atoms with van der Waals surface area (Å²) in [5, 5.41) is 3.15. The predicted octanol–water partition coefficient (Wildman–Crippen LogP) is 6.18. The third-order valence-corrected chi connectivity index (χ3v) is 8.75. The first kappa shape index (κ1) is 18.7. The van der Waals surface area contributed by atoms with Gasteiger partial charge in [-0.2, -0.15) is 0 Å². The van der Waals surface area contributed by atoms with Crippen molar-refractivity contribution in [3.05, 3.63) is 58.7 Å². The topological polar surface area (TPSA) is 0 Å². The van der Waals surface area contributed by atoms with Crippen LogP contribution in [0.3, 0.4) is 0 Å². The third kappa shape index (κ3) is 4.17. The second kappa shape index (κ2) is 7.63. The van der Waals surface area contributed by atoms with Crippen molar-refractivity contribution in [3.63, 3.8) is 0 Å². The number of hydrogen-bond acceptors (Lipinski definition) is 0. The van der Waals surface area contributed by atoms with Gasteiger partial charge in [-0.05, 0) is 70.1 Å². The Morgan fingerprint density at radius 2 is 1.20 bits per heavy atom. The fourth-order valence-corrected chi connectivity index (χ4v) is 8.32. The van der Waals surface area contributed by atoms with Crippen molar-refractivity contribution in [2.45, 2.75) is 66.5 Å². The molecule has 0 radical (unpaired) electrons. The van der Waals surface area contributed by atoms with E-state index in [4.69, 9.17) is 0 Å². The Bertz CT molecular complexity index is 654. The second-order valence-corrected chi connectivity index (χ2v) is 11.0. The second-order valence-electron chi connectivity index (χ2n) is 8.37. The Labute approximate surface area is 155 Å². The summed E-state index contributed by atoms with van der Waals surface area (Å²) in [6.45, 7) is 14.0. The number of aryl methyl sites for hydroxylation is 4. The zero-order valence-corrected chi connectivity index (χ0v) is 17.7. The van der Waals surface area contributed by atoms with E-state index in [2.05, 4.69) is 77.9 Å². The molecule has 25 heavy (non-hydrogen) atoms. The van der Waals surface area contributed by atoms with Gasteiger partial charge in [-0.1, -0.05) is 85.3 Å². The van der Waals surface area contributed by atoms with Gasteiger partial charge >= 0.3 is 0 Å². The zero-order valence-electron chi connectivity index (χ0n) is 16.8. The average Bonchev–Trinajstić information content (AvgIpc) is 2.91. The molecule has 134 valence electrons. The van der Waals surface area contributed by atoms with Crippen molar-refractivity contribution in [2.75, 3.05) is 0 Å². The highest BCUT2D eigenvalue weighted by Crippen LogP contribution is 2.49. The molecule has 0 N–H and O–H groups in total. The van der Waals surface area contributed by atoms with E-state index >= 15 is 0 Å². The van der Waals surface area contributed by atoms with Gasteiger partial charge in [0.25, 0.3) is 0 Å². The van der Waals surface area contributed by atoms with Crippen LogP contribution in [0.15, 0.2) is 36.4 Å². The SMILES string of the molecule is Cc1cc(C)cc(P(c2cc(C)cc(C)c2)[C@H](C)C2CCCC2C)c1. The summed E-state index contributed by atoms with van der Waals surface area (Å²) >= 11 is 0. The molecule has 1 fully saturated rings. The van der Waals surface area contributed by atoms with Crippen molar-refractivity contribution in [2.24, 2.45) is 11.8 Å². The first-order valence-corrected chi connectivity index (χ1v) is 11.2. The highest BCUT2D eigenvalue weighted by atomic mass is 31.1. The molecule has 0 bridgehead atoms. The van der Waals surface area contributed by atoms with Gasteiger partial charge in [-0.25, -0.2) is 0 Å². The van der Waals surface area contributed by atoms with Crippen LogP contribution in [-0.4, -0.2) is 5.66 Å². The Balaban J connectivity index is 2.10. The van der Waals surface area contributed by atoms with E-state index in [0.717, 1.165) is 17.5 Å². The van der Waals surface area contributed by atoms with Crippen LogP contribution in [0.5, 0.6) is 0 Å². The van der Waals surface area contributed by atoms with E-state index in [9.17, 15) is 0 Å². The molecule has 0 heterocycles. The van der Waals surface area contributed by atoms with E-state index < -0.39 is 0 Å². The summed E-state index contributed by atoms with van der Waals surface area (Å²) in [7, 11) is -0.315. The lowest BCUT2D eigenvalue weighted by Crippen LogP contribution is -2.28. The van der Waals surface area contributed by atoms with Gasteiger partial charge in [0.15, 0.2) is 0 Å². The van der Waals surface area contributed by atoms with E-state index in [0.29, 0.717) is 0 Å². The number of rotatable bonds is 4. The quantitative estimate of drug-likeness (QED) is 0.577. The Morgan fingerprint density at radius 1 is 0.760 bits per heavy atom. The lowest BCUT2D eigenvalue weighted by Gasteiger charge is -2.33. The van der Waals surface area contributed by atoms with Crippen LogP contribution < -0.4 is 10.6 Å². The van der Waals surface area contributed by atoms with Gasteiger partial charge in [-0.3, -0.25) is 0 Å². The summed E-state index contributed by atoms with van der Waals surface area (Å²) in [6.07, 6.45) is 4.24.